The molecule has 11 heavy (non-hydrogen) atoms. The van der Waals surface area contributed by atoms with Crippen molar-refractivity contribution in [1.82, 2.24) is 0 Å². The predicted molar refractivity (Wildman–Crippen MR) is 46.2 cm³/mol. The summed E-state index contributed by atoms with van der Waals surface area (Å²) in [6, 6.07) is 4.77. The molecule has 0 atom stereocenters. The van der Waals surface area contributed by atoms with Gasteiger partial charge in [-0.15, -0.1) is 11.3 Å². The molecule has 1 aromatic carbocycles. The highest BCUT2D eigenvalue weighted by molar-refractivity contribution is 7.17. The van der Waals surface area contributed by atoms with Crippen LogP contribution in [-0.2, 0) is 0 Å². The zero-order valence-corrected chi connectivity index (χ0v) is 6.62. The van der Waals surface area contributed by atoms with Gasteiger partial charge in [-0.1, -0.05) is 6.07 Å². The molecule has 0 saturated heterocycles. The number of fused-ring (bicyclic) bond motifs is 1. The van der Waals surface area contributed by atoms with E-state index in [1.165, 1.54) is 23.5 Å². The lowest BCUT2D eigenvalue weighted by atomic mass is 10.2. The molecule has 1 heterocycles. The van der Waals surface area contributed by atoms with Crippen molar-refractivity contribution in [3.63, 3.8) is 0 Å². The molecule has 2 rings (SSSR count). The molecule has 2 heteroatoms. The Morgan fingerprint density at radius 2 is 2.18 bits per heavy atom. The Balaban J connectivity index is 2.86. The van der Waals surface area contributed by atoms with Crippen LogP contribution >= 0.6 is 11.3 Å². The third-order valence-corrected chi connectivity index (χ3v) is 2.61. The van der Waals surface area contributed by atoms with Gasteiger partial charge < -0.3 is 0 Å². The number of hydrogen-bond donors (Lipinski definition) is 0. The van der Waals surface area contributed by atoms with Crippen LogP contribution in [-0.4, -0.2) is 0 Å². The first-order chi connectivity index (χ1) is 5.27. The van der Waals surface area contributed by atoms with Gasteiger partial charge in [-0.2, -0.15) is 0 Å². The zero-order chi connectivity index (χ0) is 7.84. The number of thiophene rings is 1. The van der Waals surface area contributed by atoms with E-state index in [4.69, 9.17) is 0 Å². The lowest BCUT2D eigenvalue weighted by Gasteiger charge is -1.89. The van der Waals surface area contributed by atoms with Crippen molar-refractivity contribution < 1.29 is 4.39 Å². The molecule has 1 aromatic heterocycles. The Morgan fingerprint density at radius 3 is 3.00 bits per heavy atom. The van der Waals surface area contributed by atoms with Crippen LogP contribution in [0.1, 0.15) is 5.56 Å². The lowest BCUT2D eigenvalue weighted by Crippen LogP contribution is -1.71. The highest BCUT2D eigenvalue weighted by atomic mass is 32.1. The molecular weight excluding hydrogens is 159 g/mol. The molecule has 0 aliphatic carbocycles. The van der Waals surface area contributed by atoms with Crippen LogP contribution in [0.25, 0.3) is 10.1 Å². The maximum Gasteiger partial charge on any atom is 0.124 e. The Labute approximate surface area is 68.3 Å². The van der Waals surface area contributed by atoms with Crippen LogP contribution in [0.5, 0.6) is 0 Å². The molecule has 0 N–H and O–H groups in total. The quantitative estimate of drug-likeness (QED) is 0.562. The van der Waals surface area contributed by atoms with Crippen molar-refractivity contribution in [1.29, 1.82) is 0 Å². The number of benzene rings is 1. The summed E-state index contributed by atoms with van der Waals surface area (Å²) in [4.78, 5) is 0. The van der Waals surface area contributed by atoms with Gasteiger partial charge in [-0.3, -0.25) is 0 Å². The number of halogens is 1. The molecule has 1 radical (unpaired) electrons. The molecule has 0 amide bonds. The standard InChI is InChI=1S/C9H6FS/c1-6-5-11-9-4-7(10)2-3-8(6)9/h2-5H,1H2. The Hall–Kier alpha value is -0.890. The first kappa shape index (κ1) is 6.80. The maximum atomic E-state index is 12.6. The minimum absolute atomic E-state index is 0.181. The first-order valence-corrected chi connectivity index (χ1v) is 4.14. The topological polar surface area (TPSA) is 0 Å². The molecule has 55 valence electrons. The minimum atomic E-state index is -0.181. The van der Waals surface area contributed by atoms with Crippen molar-refractivity contribution in [2.75, 3.05) is 0 Å². The number of rotatable bonds is 0. The van der Waals surface area contributed by atoms with Gasteiger partial charge in [0, 0.05) is 4.70 Å². The fourth-order valence-corrected chi connectivity index (χ4v) is 1.96. The second kappa shape index (κ2) is 2.31. The SMILES string of the molecule is [CH2]c1csc2cc(F)ccc12. The fourth-order valence-electron chi connectivity index (χ4n) is 1.06. The highest BCUT2D eigenvalue weighted by Gasteiger charge is 1.99. The minimum Gasteiger partial charge on any atom is -0.207 e. The third kappa shape index (κ3) is 1.03. The Morgan fingerprint density at radius 1 is 1.36 bits per heavy atom. The molecule has 0 fully saturated rings. The fraction of sp³-hybridized carbons (Fsp3) is 0. The normalized spacial score (nSPS) is 10.7. The average Bonchev–Trinajstić information content (AvgIpc) is 2.32. The molecule has 2 aromatic rings. The van der Waals surface area contributed by atoms with Crippen LogP contribution < -0.4 is 0 Å². The molecule has 0 saturated carbocycles. The first-order valence-electron chi connectivity index (χ1n) is 3.26. The van der Waals surface area contributed by atoms with E-state index in [0.717, 1.165) is 15.6 Å². The average molecular weight is 165 g/mol. The van der Waals surface area contributed by atoms with E-state index >= 15 is 0 Å². The van der Waals surface area contributed by atoms with Gasteiger partial charge in [0.1, 0.15) is 5.82 Å². The van der Waals surface area contributed by atoms with E-state index in [-0.39, 0.29) is 5.82 Å². The summed E-state index contributed by atoms with van der Waals surface area (Å²) in [6.07, 6.45) is 0. The summed E-state index contributed by atoms with van der Waals surface area (Å²) < 4.78 is 13.6. The van der Waals surface area contributed by atoms with Crippen molar-refractivity contribution in [3.8, 4) is 0 Å². The van der Waals surface area contributed by atoms with E-state index in [9.17, 15) is 4.39 Å². The molecule has 0 aliphatic heterocycles. The van der Waals surface area contributed by atoms with Crippen LogP contribution in [0.3, 0.4) is 0 Å². The van der Waals surface area contributed by atoms with Gasteiger partial charge in [0.2, 0.25) is 0 Å². The smallest absolute Gasteiger partial charge is 0.124 e. The monoisotopic (exact) mass is 165 g/mol. The highest BCUT2D eigenvalue weighted by Crippen LogP contribution is 2.25. The van der Waals surface area contributed by atoms with E-state index in [1.807, 2.05) is 5.38 Å². The van der Waals surface area contributed by atoms with Gasteiger partial charge in [0.05, 0.1) is 0 Å². The van der Waals surface area contributed by atoms with E-state index in [2.05, 4.69) is 6.92 Å². The molecular formula is C9H6FS. The predicted octanol–water partition coefficient (Wildman–Crippen LogP) is 3.22. The maximum absolute atomic E-state index is 12.6. The van der Waals surface area contributed by atoms with Crippen LogP contribution in [0.15, 0.2) is 23.6 Å². The molecule has 0 unspecified atom stereocenters. The molecule has 0 bridgehead atoms. The largest absolute Gasteiger partial charge is 0.207 e. The summed E-state index contributed by atoms with van der Waals surface area (Å²) in [5.74, 6) is -0.181. The third-order valence-electron chi connectivity index (χ3n) is 1.62. The summed E-state index contributed by atoms with van der Waals surface area (Å²) >= 11 is 1.53. The van der Waals surface area contributed by atoms with Crippen molar-refractivity contribution in [2.45, 2.75) is 0 Å². The van der Waals surface area contributed by atoms with Crippen molar-refractivity contribution in [3.05, 3.63) is 41.9 Å². The molecule has 0 spiro atoms. The van der Waals surface area contributed by atoms with Gasteiger partial charge in [-0.25, -0.2) is 4.39 Å². The van der Waals surface area contributed by atoms with Gasteiger partial charge in [-0.05, 0) is 35.4 Å². The second-order valence-corrected chi connectivity index (χ2v) is 3.31. The van der Waals surface area contributed by atoms with Crippen LogP contribution in [0.4, 0.5) is 4.39 Å². The van der Waals surface area contributed by atoms with Gasteiger partial charge >= 0.3 is 0 Å². The van der Waals surface area contributed by atoms with E-state index in [1.54, 1.807) is 6.07 Å². The van der Waals surface area contributed by atoms with Crippen molar-refractivity contribution in [2.24, 2.45) is 0 Å². The molecule has 0 aliphatic rings. The Bertz CT molecular complexity index is 389. The van der Waals surface area contributed by atoms with Gasteiger partial charge in [0.25, 0.3) is 0 Å². The van der Waals surface area contributed by atoms with Gasteiger partial charge in [0.15, 0.2) is 0 Å². The lowest BCUT2D eigenvalue weighted by molar-refractivity contribution is 0.630. The van der Waals surface area contributed by atoms with Crippen LogP contribution in [0.2, 0.25) is 0 Å². The van der Waals surface area contributed by atoms with Crippen LogP contribution in [0, 0.1) is 12.7 Å². The summed E-state index contributed by atoms with van der Waals surface area (Å²) in [5.41, 5.74) is 0.977. The summed E-state index contributed by atoms with van der Waals surface area (Å²) in [7, 11) is 0. The second-order valence-electron chi connectivity index (χ2n) is 2.40. The van der Waals surface area contributed by atoms with E-state index < -0.39 is 0 Å². The number of hydrogen-bond acceptors (Lipinski definition) is 1. The Kier molecular flexibility index (Phi) is 1.43. The molecule has 0 nitrogen and oxygen atoms in total. The van der Waals surface area contributed by atoms with Crippen molar-refractivity contribution >= 4 is 21.4 Å². The van der Waals surface area contributed by atoms with E-state index in [0.29, 0.717) is 0 Å². The summed E-state index contributed by atoms with van der Waals surface area (Å²) in [6.45, 7) is 3.83. The summed E-state index contributed by atoms with van der Waals surface area (Å²) in [5, 5.41) is 2.99. The zero-order valence-electron chi connectivity index (χ0n) is 5.80.